The Morgan fingerprint density at radius 3 is 2.73 bits per heavy atom. The molecule has 1 aliphatic rings. The van der Waals surface area contributed by atoms with Gasteiger partial charge in [0.1, 0.15) is 17.9 Å². The number of primary amides is 1. The molecule has 1 aromatic heterocycles. The first kappa shape index (κ1) is 20.2. The largest absolute Gasteiger partial charge is 0.495 e. The number of nitrogens with zero attached hydrogens (tertiary/aromatic N) is 3. The van der Waals surface area contributed by atoms with E-state index in [0.717, 1.165) is 69.8 Å². The highest BCUT2D eigenvalue weighted by molar-refractivity contribution is 9.10. The fraction of sp³-hybridized carbons (Fsp3) is 0.227. The van der Waals surface area contributed by atoms with Crippen molar-refractivity contribution in [3.63, 3.8) is 0 Å². The van der Waals surface area contributed by atoms with E-state index in [-0.39, 0.29) is 5.91 Å². The van der Waals surface area contributed by atoms with E-state index < -0.39 is 0 Å². The first-order valence-electron chi connectivity index (χ1n) is 9.62. The minimum absolute atomic E-state index is 0.387. The highest BCUT2D eigenvalue weighted by Gasteiger charge is 2.20. The number of carbonyl (C=O) groups is 1. The van der Waals surface area contributed by atoms with Crippen LogP contribution >= 0.6 is 15.9 Å². The van der Waals surface area contributed by atoms with Gasteiger partial charge in [-0.1, -0.05) is 27.6 Å². The van der Waals surface area contributed by atoms with Gasteiger partial charge >= 0.3 is 0 Å². The molecule has 0 saturated carbocycles. The van der Waals surface area contributed by atoms with Gasteiger partial charge in [0.15, 0.2) is 0 Å². The maximum Gasteiger partial charge on any atom is 0.241 e. The molecule has 0 bridgehead atoms. The Labute approximate surface area is 183 Å². The summed E-state index contributed by atoms with van der Waals surface area (Å²) >= 11 is 3.50. The number of anilines is 3. The van der Waals surface area contributed by atoms with Gasteiger partial charge in [0.05, 0.1) is 18.3 Å². The molecule has 1 saturated heterocycles. The quantitative estimate of drug-likeness (QED) is 0.547. The average molecular weight is 468 g/mol. The van der Waals surface area contributed by atoms with Gasteiger partial charge in [-0.05, 0) is 37.1 Å². The number of fused-ring (bicyclic) bond motifs is 1. The summed E-state index contributed by atoms with van der Waals surface area (Å²) in [6.45, 7) is 1.56. The highest BCUT2D eigenvalue weighted by atomic mass is 79.9. The standard InChI is InChI=1S/C22H22BrN5O2/c1-30-20-12-18-17(11-19(20)28-7-5-14(6-8-28)9-21(24)29)22(26-13-25-18)27-16-4-2-3-15(23)10-16/h2-4,9-13H,5-8H2,1H3,(H2,24,29)(H,25,26,27). The molecule has 7 nitrogen and oxygen atoms in total. The van der Waals surface area contributed by atoms with Crippen LogP contribution in [0.2, 0.25) is 0 Å². The SMILES string of the molecule is COc1cc2ncnc(Nc3cccc(Br)c3)c2cc1N1CCC(=CC(N)=O)CC1. The first-order chi connectivity index (χ1) is 14.5. The summed E-state index contributed by atoms with van der Waals surface area (Å²) in [5, 5.41) is 4.29. The predicted octanol–water partition coefficient (Wildman–Crippen LogP) is 4.16. The third kappa shape index (κ3) is 4.38. The van der Waals surface area contributed by atoms with Crippen LogP contribution in [0, 0.1) is 0 Å². The van der Waals surface area contributed by atoms with Crippen molar-refractivity contribution < 1.29 is 9.53 Å². The monoisotopic (exact) mass is 467 g/mol. The van der Waals surface area contributed by atoms with Crippen LogP contribution in [0.5, 0.6) is 5.75 Å². The molecule has 8 heteroatoms. The summed E-state index contributed by atoms with van der Waals surface area (Å²) < 4.78 is 6.64. The number of amides is 1. The van der Waals surface area contributed by atoms with Gasteiger partial charge in [0, 0.05) is 40.8 Å². The number of methoxy groups -OCH3 is 1. The zero-order chi connectivity index (χ0) is 21.1. The molecule has 1 amide bonds. The maximum atomic E-state index is 11.2. The van der Waals surface area contributed by atoms with Crippen LogP contribution in [0.25, 0.3) is 10.9 Å². The number of hydrogen-bond acceptors (Lipinski definition) is 6. The minimum atomic E-state index is -0.387. The van der Waals surface area contributed by atoms with Gasteiger partial charge in [-0.2, -0.15) is 0 Å². The maximum absolute atomic E-state index is 11.2. The number of halogens is 1. The van der Waals surface area contributed by atoms with E-state index in [1.54, 1.807) is 19.5 Å². The molecule has 2 heterocycles. The Kier molecular flexibility index (Phi) is 5.85. The predicted molar refractivity (Wildman–Crippen MR) is 122 cm³/mol. The molecule has 1 aliphatic heterocycles. The number of nitrogens with one attached hydrogen (secondary N) is 1. The molecular formula is C22H22BrN5O2. The number of aromatic nitrogens is 2. The summed E-state index contributed by atoms with van der Waals surface area (Å²) in [7, 11) is 1.66. The molecule has 2 aromatic carbocycles. The van der Waals surface area contributed by atoms with Gasteiger partial charge in [0.25, 0.3) is 0 Å². The Balaban J connectivity index is 1.69. The lowest BCUT2D eigenvalue weighted by Crippen LogP contribution is -2.31. The molecule has 154 valence electrons. The van der Waals surface area contributed by atoms with E-state index in [1.807, 2.05) is 30.3 Å². The zero-order valence-corrected chi connectivity index (χ0v) is 18.1. The molecule has 0 atom stereocenters. The third-order valence-electron chi connectivity index (χ3n) is 5.12. The molecule has 0 unspecified atom stereocenters. The molecule has 1 fully saturated rings. The molecule has 0 aliphatic carbocycles. The van der Waals surface area contributed by atoms with E-state index >= 15 is 0 Å². The van der Waals surface area contributed by atoms with Crippen LogP contribution in [0.3, 0.4) is 0 Å². The van der Waals surface area contributed by atoms with Gasteiger partial charge in [-0.25, -0.2) is 9.97 Å². The molecular weight excluding hydrogens is 446 g/mol. The molecule has 4 rings (SSSR count). The Bertz CT molecular complexity index is 1120. The second-order valence-corrected chi connectivity index (χ2v) is 8.01. The van der Waals surface area contributed by atoms with Crippen molar-refractivity contribution in [2.45, 2.75) is 12.8 Å². The topological polar surface area (TPSA) is 93.4 Å². The van der Waals surface area contributed by atoms with Crippen LogP contribution in [-0.2, 0) is 4.79 Å². The lowest BCUT2D eigenvalue weighted by Gasteiger charge is -2.31. The number of nitrogens with two attached hydrogens (primary N) is 1. The second kappa shape index (κ2) is 8.71. The normalized spacial score (nSPS) is 13.9. The fourth-order valence-electron chi connectivity index (χ4n) is 3.67. The van der Waals surface area contributed by atoms with Crippen LogP contribution in [0.15, 0.2) is 58.8 Å². The van der Waals surface area contributed by atoms with Gasteiger partial charge in [-0.15, -0.1) is 0 Å². The van der Waals surface area contributed by atoms with Crippen molar-refractivity contribution in [3.05, 3.63) is 58.8 Å². The average Bonchev–Trinajstić information content (AvgIpc) is 2.73. The Morgan fingerprint density at radius 2 is 2.03 bits per heavy atom. The Hall–Kier alpha value is -3.13. The van der Waals surface area contributed by atoms with Crippen LogP contribution in [0.1, 0.15) is 12.8 Å². The molecule has 3 aromatic rings. The lowest BCUT2D eigenvalue weighted by atomic mass is 10.0. The fourth-order valence-corrected chi connectivity index (χ4v) is 4.07. The van der Waals surface area contributed by atoms with E-state index in [0.29, 0.717) is 0 Å². The summed E-state index contributed by atoms with van der Waals surface area (Å²) in [4.78, 5) is 22.3. The Morgan fingerprint density at radius 1 is 1.23 bits per heavy atom. The second-order valence-electron chi connectivity index (χ2n) is 7.09. The molecule has 30 heavy (non-hydrogen) atoms. The summed E-state index contributed by atoms with van der Waals surface area (Å²) in [5.41, 5.74) is 9.09. The number of benzene rings is 2. The first-order valence-corrected chi connectivity index (χ1v) is 10.4. The van der Waals surface area contributed by atoms with E-state index in [1.165, 1.54) is 0 Å². The number of rotatable bonds is 5. The van der Waals surface area contributed by atoms with Crippen molar-refractivity contribution in [1.82, 2.24) is 9.97 Å². The van der Waals surface area contributed by atoms with Gasteiger partial charge in [-0.3, -0.25) is 4.79 Å². The smallest absolute Gasteiger partial charge is 0.241 e. The van der Waals surface area contributed by atoms with Crippen LogP contribution in [0.4, 0.5) is 17.2 Å². The van der Waals surface area contributed by atoms with Crippen molar-refractivity contribution in [2.75, 3.05) is 30.4 Å². The third-order valence-corrected chi connectivity index (χ3v) is 5.61. The van der Waals surface area contributed by atoms with Gasteiger partial charge < -0.3 is 20.7 Å². The van der Waals surface area contributed by atoms with Crippen LogP contribution in [-0.4, -0.2) is 36.1 Å². The number of piperidine rings is 1. The van der Waals surface area contributed by atoms with Crippen molar-refractivity contribution in [1.29, 1.82) is 0 Å². The van der Waals surface area contributed by atoms with Crippen molar-refractivity contribution in [2.24, 2.45) is 5.73 Å². The molecule has 3 N–H and O–H groups in total. The van der Waals surface area contributed by atoms with E-state index in [2.05, 4.69) is 42.2 Å². The molecule has 0 spiro atoms. The number of carbonyl (C=O) groups excluding carboxylic acids is 1. The lowest BCUT2D eigenvalue weighted by molar-refractivity contribution is -0.113. The number of ether oxygens (including phenoxy) is 1. The van der Waals surface area contributed by atoms with Crippen molar-refractivity contribution >= 4 is 49.9 Å². The van der Waals surface area contributed by atoms with Crippen LogP contribution < -0.4 is 20.7 Å². The highest BCUT2D eigenvalue weighted by Crippen LogP contribution is 2.37. The summed E-state index contributed by atoms with van der Waals surface area (Å²) in [6, 6.07) is 11.9. The van der Waals surface area contributed by atoms with Gasteiger partial charge in [0.2, 0.25) is 5.91 Å². The molecule has 0 radical (unpaired) electrons. The summed E-state index contributed by atoms with van der Waals surface area (Å²) in [6.07, 6.45) is 4.67. The van der Waals surface area contributed by atoms with E-state index in [4.69, 9.17) is 10.5 Å². The van der Waals surface area contributed by atoms with Crippen molar-refractivity contribution in [3.8, 4) is 5.75 Å². The minimum Gasteiger partial charge on any atom is -0.495 e. The van der Waals surface area contributed by atoms with E-state index in [9.17, 15) is 4.79 Å². The summed E-state index contributed by atoms with van der Waals surface area (Å²) in [5.74, 6) is 1.10. The zero-order valence-electron chi connectivity index (χ0n) is 16.6. The number of hydrogen-bond donors (Lipinski definition) is 2.